The number of amides is 1. The quantitative estimate of drug-likeness (QED) is 0.766. The third-order valence-electron chi connectivity index (χ3n) is 4.42. The Kier molecular flexibility index (Phi) is 5.81. The van der Waals surface area contributed by atoms with Crippen LogP contribution in [0.15, 0.2) is 0 Å². The molecule has 2 aliphatic rings. The number of carbonyl (C=O) groups excluding carboxylic acids is 1. The second-order valence-corrected chi connectivity index (χ2v) is 6.33. The van der Waals surface area contributed by atoms with Crippen molar-refractivity contribution in [2.45, 2.75) is 45.3 Å². The molecular weight excluding hydrogens is 254 g/mol. The molecule has 2 rings (SSSR count). The van der Waals surface area contributed by atoms with Gasteiger partial charge in [-0.2, -0.15) is 0 Å². The first-order chi connectivity index (χ1) is 9.56. The van der Waals surface area contributed by atoms with Gasteiger partial charge in [-0.25, -0.2) is 0 Å². The van der Waals surface area contributed by atoms with Gasteiger partial charge in [-0.3, -0.25) is 9.69 Å². The third kappa shape index (κ3) is 4.43. The van der Waals surface area contributed by atoms with Gasteiger partial charge in [0.1, 0.15) is 0 Å². The summed E-state index contributed by atoms with van der Waals surface area (Å²) in [5.74, 6) is 0.333. The predicted molar refractivity (Wildman–Crippen MR) is 79.6 cm³/mol. The minimum absolute atomic E-state index is 0.245. The van der Waals surface area contributed by atoms with Crippen LogP contribution in [0.25, 0.3) is 0 Å². The van der Waals surface area contributed by atoms with Crippen LogP contribution in [0, 0.1) is 0 Å². The Bertz CT molecular complexity index is 322. The fourth-order valence-electron chi connectivity index (χ4n) is 3.31. The van der Waals surface area contributed by atoms with Crippen molar-refractivity contribution in [2.24, 2.45) is 0 Å². The number of hydrogen-bond donors (Lipinski definition) is 1. The van der Waals surface area contributed by atoms with Gasteiger partial charge in [0.2, 0.25) is 5.91 Å². The van der Waals surface area contributed by atoms with E-state index < -0.39 is 0 Å². The molecule has 0 aliphatic carbocycles. The number of likely N-dealkylation sites (tertiary alicyclic amines) is 1. The topological polar surface area (TPSA) is 47.0 Å². The van der Waals surface area contributed by atoms with E-state index in [1.165, 1.54) is 0 Å². The van der Waals surface area contributed by atoms with Gasteiger partial charge in [0, 0.05) is 51.7 Å². The van der Waals surface area contributed by atoms with Crippen molar-refractivity contribution in [1.82, 2.24) is 14.7 Å². The van der Waals surface area contributed by atoms with E-state index in [0.29, 0.717) is 11.9 Å². The molecule has 2 atom stereocenters. The van der Waals surface area contributed by atoms with Crippen LogP contribution in [0.5, 0.6) is 0 Å². The summed E-state index contributed by atoms with van der Waals surface area (Å²) in [6.45, 7) is 11.0. The molecule has 0 bridgehead atoms. The van der Waals surface area contributed by atoms with Crippen molar-refractivity contribution in [3.8, 4) is 0 Å². The number of aliphatic hydroxyl groups is 1. The summed E-state index contributed by atoms with van der Waals surface area (Å²) in [5, 5.41) is 9.48. The highest BCUT2D eigenvalue weighted by Crippen LogP contribution is 2.12. The van der Waals surface area contributed by atoms with Crippen LogP contribution < -0.4 is 0 Å². The minimum Gasteiger partial charge on any atom is -0.392 e. The smallest absolute Gasteiger partial charge is 0.222 e. The lowest BCUT2D eigenvalue weighted by Crippen LogP contribution is -2.53. The van der Waals surface area contributed by atoms with Crippen LogP contribution in [-0.4, -0.2) is 83.7 Å². The zero-order valence-electron chi connectivity index (χ0n) is 12.9. The molecule has 5 heteroatoms. The van der Waals surface area contributed by atoms with Gasteiger partial charge < -0.3 is 14.9 Å². The zero-order valence-corrected chi connectivity index (χ0v) is 12.9. The molecule has 5 nitrogen and oxygen atoms in total. The zero-order chi connectivity index (χ0) is 14.5. The third-order valence-corrected chi connectivity index (χ3v) is 4.42. The lowest BCUT2D eigenvalue weighted by Gasteiger charge is -2.40. The molecule has 0 radical (unpaired) electrons. The summed E-state index contributed by atoms with van der Waals surface area (Å²) in [4.78, 5) is 18.4. The van der Waals surface area contributed by atoms with E-state index >= 15 is 0 Å². The molecule has 1 N–H and O–H groups in total. The van der Waals surface area contributed by atoms with Gasteiger partial charge in [0.15, 0.2) is 0 Å². The first-order valence-electron chi connectivity index (χ1n) is 7.98. The maximum atomic E-state index is 11.5. The monoisotopic (exact) mass is 283 g/mol. The van der Waals surface area contributed by atoms with E-state index in [1.54, 1.807) is 0 Å². The predicted octanol–water partition coefficient (Wildman–Crippen LogP) is 0.386. The molecule has 0 unspecified atom stereocenters. The number of β-amino-alcohol motifs (C(OH)–C–C–N with tert-alkyl or cyclic N) is 1. The van der Waals surface area contributed by atoms with Crippen molar-refractivity contribution in [3.63, 3.8) is 0 Å². The summed E-state index contributed by atoms with van der Waals surface area (Å²) >= 11 is 0. The second-order valence-electron chi connectivity index (χ2n) is 6.33. The standard InChI is InChI=1S/C15H29N3O2/c1-13-11-16(9-10-18(13)12-14(2)19)6-4-8-17-7-3-5-15(17)20/h13-14,19H,3-12H2,1-2H3/t13-,14+/m1/s1. The van der Waals surface area contributed by atoms with Crippen LogP contribution in [-0.2, 0) is 4.79 Å². The van der Waals surface area contributed by atoms with E-state index in [9.17, 15) is 9.90 Å². The van der Waals surface area contributed by atoms with Crippen molar-refractivity contribution in [3.05, 3.63) is 0 Å². The van der Waals surface area contributed by atoms with Gasteiger partial charge >= 0.3 is 0 Å². The van der Waals surface area contributed by atoms with Gasteiger partial charge in [-0.15, -0.1) is 0 Å². The maximum Gasteiger partial charge on any atom is 0.222 e. The molecule has 0 aromatic carbocycles. The van der Waals surface area contributed by atoms with Crippen LogP contribution in [0.3, 0.4) is 0 Å². The van der Waals surface area contributed by atoms with Gasteiger partial charge in [-0.05, 0) is 33.2 Å². The molecule has 2 aliphatic heterocycles. The Balaban J connectivity index is 1.64. The Labute approximate surface area is 122 Å². The molecule has 0 saturated carbocycles. The first kappa shape index (κ1) is 15.7. The van der Waals surface area contributed by atoms with E-state index in [-0.39, 0.29) is 6.10 Å². The second kappa shape index (κ2) is 7.38. The van der Waals surface area contributed by atoms with Crippen molar-refractivity contribution < 1.29 is 9.90 Å². The Morgan fingerprint density at radius 2 is 2.10 bits per heavy atom. The summed E-state index contributed by atoms with van der Waals surface area (Å²) < 4.78 is 0. The highest BCUT2D eigenvalue weighted by Gasteiger charge is 2.24. The van der Waals surface area contributed by atoms with Gasteiger partial charge in [0.05, 0.1) is 6.10 Å². The fraction of sp³-hybridized carbons (Fsp3) is 0.933. The molecule has 1 amide bonds. The molecule has 116 valence electrons. The van der Waals surface area contributed by atoms with Crippen molar-refractivity contribution >= 4 is 5.91 Å². The molecular formula is C15H29N3O2. The summed E-state index contributed by atoms with van der Waals surface area (Å²) in [6, 6.07) is 0.506. The van der Waals surface area contributed by atoms with E-state index in [0.717, 1.165) is 65.1 Å². The number of nitrogens with zero attached hydrogens (tertiary/aromatic N) is 3. The highest BCUT2D eigenvalue weighted by molar-refractivity contribution is 5.77. The Hall–Kier alpha value is -0.650. The lowest BCUT2D eigenvalue weighted by molar-refractivity contribution is -0.127. The first-order valence-corrected chi connectivity index (χ1v) is 7.98. The fourth-order valence-corrected chi connectivity index (χ4v) is 3.31. The van der Waals surface area contributed by atoms with E-state index in [1.807, 2.05) is 11.8 Å². The van der Waals surface area contributed by atoms with Crippen molar-refractivity contribution in [1.29, 1.82) is 0 Å². The van der Waals surface area contributed by atoms with E-state index in [4.69, 9.17) is 0 Å². The normalized spacial score (nSPS) is 27.2. The van der Waals surface area contributed by atoms with Crippen LogP contribution in [0.1, 0.15) is 33.1 Å². The van der Waals surface area contributed by atoms with Crippen molar-refractivity contribution in [2.75, 3.05) is 45.8 Å². The van der Waals surface area contributed by atoms with Crippen LogP contribution in [0.4, 0.5) is 0 Å². The largest absolute Gasteiger partial charge is 0.392 e. The average Bonchev–Trinajstić information content (AvgIpc) is 2.78. The highest BCUT2D eigenvalue weighted by atomic mass is 16.3. The van der Waals surface area contributed by atoms with Gasteiger partial charge in [0.25, 0.3) is 0 Å². The number of rotatable bonds is 6. The van der Waals surface area contributed by atoms with Crippen LogP contribution >= 0.6 is 0 Å². The molecule has 2 heterocycles. The number of piperazine rings is 1. The lowest BCUT2D eigenvalue weighted by atomic mass is 10.1. The Morgan fingerprint density at radius 1 is 1.30 bits per heavy atom. The van der Waals surface area contributed by atoms with Crippen LogP contribution in [0.2, 0.25) is 0 Å². The van der Waals surface area contributed by atoms with E-state index in [2.05, 4.69) is 16.7 Å². The summed E-state index contributed by atoms with van der Waals surface area (Å²) in [5.41, 5.74) is 0. The average molecular weight is 283 g/mol. The molecule has 2 saturated heterocycles. The SMILES string of the molecule is C[C@H](O)CN1CCN(CCCN2CCCC2=O)C[C@H]1C. The molecule has 20 heavy (non-hydrogen) atoms. The minimum atomic E-state index is -0.245. The molecule has 0 aromatic heterocycles. The molecule has 2 fully saturated rings. The molecule has 0 spiro atoms. The summed E-state index contributed by atoms with van der Waals surface area (Å²) in [6.07, 6.45) is 2.61. The number of carbonyl (C=O) groups is 1. The summed E-state index contributed by atoms with van der Waals surface area (Å²) in [7, 11) is 0. The number of hydrogen-bond acceptors (Lipinski definition) is 4. The maximum absolute atomic E-state index is 11.5. The number of aliphatic hydroxyl groups excluding tert-OH is 1. The molecule has 0 aromatic rings. The van der Waals surface area contributed by atoms with Gasteiger partial charge in [-0.1, -0.05) is 0 Å². The Morgan fingerprint density at radius 3 is 2.70 bits per heavy atom.